The Kier molecular flexibility index (Phi) is 6.84. The first-order chi connectivity index (χ1) is 18.7. The van der Waals surface area contributed by atoms with E-state index in [9.17, 15) is 0 Å². The summed E-state index contributed by atoms with van der Waals surface area (Å²) in [7, 11) is 0. The van der Waals surface area contributed by atoms with Crippen molar-refractivity contribution in [2.24, 2.45) is 0 Å². The van der Waals surface area contributed by atoms with Crippen LogP contribution in [0.25, 0.3) is 10.9 Å². The first-order valence-corrected chi connectivity index (χ1v) is 13.4. The summed E-state index contributed by atoms with van der Waals surface area (Å²) in [5, 5.41) is 14.3. The molecule has 38 heavy (non-hydrogen) atoms. The van der Waals surface area contributed by atoms with E-state index < -0.39 is 0 Å². The number of tetrazole rings is 1. The van der Waals surface area contributed by atoms with E-state index in [4.69, 9.17) is 0 Å². The highest BCUT2D eigenvalue weighted by atomic mass is 15.6. The molecule has 0 radical (unpaired) electrons. The molecule has 0 unspecified atom stereocenters. The number of fused-ring (bicyclic) bond motifs is 1. The SMILES string of the molecule is Cc1cccc(N2CCN([C@@H](c3ccc4ncccc4c3)c3nnnn3CCc3ccccc3)CC2)c1C. The molecule has 7 heteroatoms. The lowest BCUT2D eigenvalue weighted by molar-refractivity contribution is 0.200. The quantitative estimate of drug-likeness (QED) is 0.312. The van der Waals surface area contributed by atoms with E-state index in [0.29, 0.717) is 0 Å². The van der Waals surface area contributed by atoms with Crippen molar-refractivity contribution in [1.82, 2.24) is 30.1 Å². The first-order valence-electron chi connectivity index (χ1n) is 13.4. The minimum Gasteiger partial charge on any atom is -0.369 e. The maximum atomic E-state index is 4.59. The van der Waals surface area contributed by atoms with Gasteiger partial charge < -0.3 is 4.90 Å². The Morgan fingerprint density at radius 3 is 2.53 bits per heavy atom. The lowest BCUT2D eigenvalue weighted by atomic mass is 10.0. The average molecular weight is 504 g/mol. The van der Waals surface area contributed by atoms with Crippen molar-refractivity contribution in [3.05, 3.63) is 113 Å². The molecule has 5 aromatic rings. The molecule has 192 valence electrons. The molecule has 2 aromatic heterocycles. The third-order valence-corrected chi connectivity index (χ3v) is 7.80. The number of benzene rings is 3. The molecule has 1 atom stereocenters. The molecule has 3 heterocycles. The Morgan fingerprint density at radius 1 is 0.842 bits per heavy atom. The summed E-state index contributed by atoms with van der Waals surface area (Å²) in [6.45, 7) is 8.92. The van der Waals surface area contributed by atoms with E-state index >= 15 is 0 Å². The topological polar surface area (TPSA) is 63.0 Å². The van der Waals surface area contributed by atoms with Crippen molar-refractivity contribution in [2.75, 3.05) is 31.1 Å². The van der Waals surface area contributed by atoms with Crippen molar-refractivity contribution < 1.29 is 0 Å². The predicted octanol–water partition coefficient (Wildman–Crippen LogP) is 4.99. The minimum absolute atomic E-state index is 0.0360. The van der Waals surface area contributed by atoms with Crippen LogP contribution in [0.15, 0.2) is 85.1 Å². The summed E-state index contributed by atoms with van der Waals surface area (Å²) in [6.07, 6.45) is 2.73. The Morgan fingerprint density at radius 2 is 1.68 bits per heavy atom. The van der Waals surface area contributed by atoms with Crippen LogP contribution in [0.5, 0.6) is 0 Å². The summed E-state index contributed by atoms with van der Waals surface area (Å²) >= 11 is 0. The summed E-state index contributed by atoms with van der Waals surface area (Å²) in [5.41, 5.74) is 7.52. The molecule has 0 N–H and O–H groups in total. The van der Waals surface area contributed by atoms with Crippen LogP contribution in [0.2, 0.25) is 0 Å². The monoisotopic (exact) mass is 503 g/mol. The number of pyridine rings is 1. The number of anilines is 1. The largest absolute Gasteiger partial charge is 0.369 e. The number of aromatic nitrogens is 5. The molecule has 6 rings (SSSR count). The molecule has 1 saturated heterocycles. The molecule has 0 saturated carbocycles. The fourth-order valence-corrected chi connectivity index (χ4v) is 5.53. The van der Waals surface area contributed by atoms with Gasteiger partial charge in [-0.3, -0.25) is 9.88 Å². The second-order valence-electron chi connectivity index (χ2n) is 10.1. The van der Waals surface area contributed by atoms with Crippen molar-refractivity contribution in [3.8, 4) is 0 Å². The predicted molar refractivity (Wildman–Crippen MR) is 151 cm³/mol. The van der Waals surface area contributed by atoms with Gasteiger partial charge in [-0.15, -0.1) is 5.10 Å². The molecule has 7 nitrogen and oxygen atoms in total. The van der Waals surface area contributed by atoms with Crippen molar-refractivity contribution >= 4 is 16.6 Å². The van der Waals surface area contributed by atoms with Crippen LogP contribution in [-0.4, -0.2) is 56.3 Å². The van der Waals surface area contributed by atoms with Crippen molar-refractivity contribution in [3.63, 3.8) is 0 Å². The summed E-state index contributed by atoms with van der Waals surface area (Å²) in [5.74, 6) is 0.893. The van der Waals surface area contributed by atoms with Gasteiger partial charge in [0, 0.05) is 50.0 Å². The normalized spacial score (nSPS) is 15.2. The Balaban J connectivity index is 1.31. The fraction of sp³-hybridized carbons (Fsp3) is 0.290. The van der Waals surface area contributed by atoms with Crippen LogP contribution >= 0.6 is 0 Å². The summed E-state index contributed by atoms with van der Waals surface area (Å²) in [4.78, 5) is 9.57. The molecular formula is C31H33N7. The highest BCUT2D eigenvalue weighted by Gasteiger charge is 2.31. The van der Waals surface area contributed by atoms with E-state index in [1.807, 2.05) is 16.9 Å². The number of aryl methyl sites for hydroxylation is 3. The average Bonchev–Trinajstić information content (AvgIpc) is 3.42. The first kappa shape index (κ1) is 24.2. The maximum Gasteiger partial charge on any atom is 0.173 e. The van der Waals surface area contributed by atoms with E-state index in [0.717, 1.165) is 55.9 Å². The number of piperazine rings is 1. The zero-order valence-corrected chi connectivity index (χ0v) is 22.0. The van der Waals surface area contributed by atoms with Crippen molar-refractivity contribution in [1.29, 1.82) is 0 Å². The van der Waals surface area contributed by atoms with Crippen molar-refractivity contribution in [2.45, 2.75) is 32.9 Å². The Hall–Kier alpha value is -4.10. The molecule has 1 aliphatic rings. The van der Waals surface area contributed by atoms with Crippen LogP contribution in [-0.2, 0) is 13.0 Å². The highest BCUT2D eigenvalue weighted by Crippen LogP contribution is 2.32. The van der Waals surface area contributed by atoms with Gasteiger partial charge in [0.2, 0.25) is 0 Å². The molecule has 1 fully saturated rings. The third kappa shape index (κ3) is 4.89. The second kappa shape index (κ2) is 10.7. The lowest BCUT2D eigenvalue weighted by Gasteiger charge is -2.40. The zero-order chi connectivity index (χ0) is 25.9. The van der Waals surface area contributed by atoms with Crippen LogP contribution in [0, 0.1) is 13.8 Å². The van der Waals surface area contributed by atoms with Gasteiger partial charge in [-0.25, -0.2) is 4.68 Å². The number of hydrogen-bond acceptors (Lipinski definition) is 6. The van der Waals surface area contributed by atoms with Crippen LogP contribution in [0.3, 0.4) is 0 Å². The Bertz CT molecular complexity index is 1520. The molecule has 0 aliphatic carbocycles. The summed E-state index contributed by atoms with van der Waals surface area (Å²) < 4.78 is 1.99. The molecular weight excluding hydrogens is 470 g/mol. The number of nitrogens with zero attached hydrogens (tertiary/aromatic N) is 7. The van der Waals surface area contributed by atoms with Gasteiger partial charge in [0.05, 0.1) is 11.6 Å². The summed E-state index contributed by atoms with van der Waals surface area (Å²) in [6, 6.07) is 27.8. The van der Waals surface area contributed by atoms with Crippen LogP contribution in [0.1, 0.15) is 34.1 Å². The standard InChI is InChI=1S/C31H33N7/c1-23-8-6-12-29(24(23)2)36-18-20-37(21-19-36)30(27-13-14-28-26(22-27)11-7-16-32-28)31-33-34-35-38(31)17-15-25-9-4-3-5-10-25/h3-14,16,22,30H,15,17-21H2,1-2H3/t30-/m0/s1. The number of rotatable bonds is 7. The van der Waals surface area contributed by atoms with Gasteiger partial charge in [-0.05, 0) is 77.2 Å². The van der Waals surface area contributed by atoms with E-state index in [1.165, 1.54) is 27.9 Å². The van der Waals surface area contributed by atoms with Gasteiger partial charge >= 0.3 is 0 Å². The molecule has 0 bridgehead atoms. The van der Waals surface area contributed by atoms with Gasteiger partial charge in [0.15, 0.2) is 5.82 Å². The third-order valence-electron chi connectivity index (χ3n) is 7.80. The Labute approximate surface area is 223 Å². The van der Waals surface area contributed by atoms with Gasteiger partial charge in [-0.2, -0.15) is 0 Å². The van der Waals surface area contributed by atoms with Gasteiger partial charge in [0.25, 0.3) is 0 Å². The zero-order valence-electron chi connectivity index (χ0n) is 22.0. The van der Waals surface area contributed by atoms with E-state index in [-0.39, 0.29) is 6.04 Å². The smallest absolute Gasteiger partial charge is 0.173 e. The molecule has 3 aromatic carbocycles. The maximum absolute atomic E-state index is 4.59. The van der Waals surface area contributed by atoms with E-state index in [2.05, 4.69) is 117 Å². The molecule has 1 aliphatic heterocycles. The number of hydrogen-bond donors (Lipinski definition) is 0. The van der Waals surface area contributed by atoms with Crippen LogP contribution < -0.4 is 4.90 Å². The highest BCUT2D eigenvalue weighted by molar-refractivity contribution is 5.79. The van der Waals surface area contributed by atoms with E-state index in [1.54, 1.807) is 0 Å². The second-order valence-corrected chi connectivity index (χ2v) is 10.1. The fourth-order valence-electron chi connectivity index (χ4n) is 5.53. The molecule has 0 spiro atoms. The van der Waals surface area contributed by atoms with Gasteiger partial charge in [0.1, 0.15) is 0 Å². The minimum atomic E-state index is -0.0360. The molecule has 0 amide bonds. The van der Waals surface area contributed by atoms with Crippen LogP contribution in [0.4, 0.5) is 5.69 Å². The van der Waals surface area contributed by atoms with Gasteiger partial charge in [-0.1, -0.05) is 54.6 Å². The lowest BCUT2D eigenvalue weighted by Crippen LogP contribution is -2.48.